The molecule has 1 aromatic heterocycles. The van der Waals surface area contributed by atoms with Crippen LogP contribution in [0, 0.1) is 0 Å². The van der Waals surface area contributed by atoms with Crippen molar-refractivity contribution in [1.29, 1.82) is 0 Å². The second-order valence-corrected chi connectivity index (χ2v) is 7.35. The summed E-state index contributed by atoms with van der Waals surface area (Å²) in [7, 11) is 1.64. The fraction of sp³-hybridized carbons (Fsp3) is 0.333. The molecule has 2 aromatic carbocycles. The van der Waals surface area contributed by atoms with Crippen LogP contribution in [-0.2, 0) is 4.74 Å². The normalized spacial score (nSPS) is 14.7. The van der Waals surface area contributed by atoms with E-state index in [1.165, 1.54) is 0 Å². The smallest absolute Gasteiger partial charge is 0.257 e. The zero-order chi connectivity index (χ0) is 20.9. The van der Waals surface area contributed by atoms with Crippen molar-refractivity contribution in [2.24, 2.45) is 0 Å². The van der Waals surface area contributed by atoms with E-state index < -0.39 is 0 Å². The first-order chi connectivity index (χ1) is 14.7. The minimum atomic E-state index is 0.0120. The van der Waals surface area contributed by atoms with Crippen LogP contribution in [0.5, 0.6) is 5.75 Å². The number of carbonyl (C=O) groups excluding carboxylic acids is 1. The Labute approximate surface area is 177 Å². The number of ether oxygens (including phenoxy) is 2. The molecule has 0 atom stereocenters. The number of hydrogen-bond acceptors (Lipinski definition) is 4. The third kappa shape index (κ3) is 4.24. The predicted molar refractivity (Wildman–Crippen MR) is 116 cm³/mol. The van der Waals surface area contributed by atoms with E-state index in [0.717, 1.165) is 29.8 Å². The summed E-state index contributed by atoms with van der Waals surface area (Å²) in [5, 5.41) is 4.77. The summed E-state index contributed by atoms with van der Waals surface area (Å²) in [5.74, 6) is 0.782. The molecule has 3 aromatic rings. The van der Waals surface area contributed by atoms with Gasteiger partial charge in [0.1, 0.15) is 11.4 Å². The first-order valence-electron chi connectivity index (χ1n) is 10.4. The van der Waals surface area contributed by atoms with Crippen LogP contribution in [0.25, 0.3) is 16.9 Å². The monoisotopic (exact) mass is 405 g/mol. The number of aromatic nitrogens is 2. The fourth-order valence-corrected chi connectivity index (χ4v) is 3.84. The van der Waals surface area contributed by atoms with Crippen LogP contribution < -0.4 is 4.74 Å². The van der Waals surface area contributed by atoms with Gasteiger partial charge in [0, 0.05) is 31.5 Å². The lowest BCUT2D eigenvalue weighted by Gasteiger charge is -2.31. The van der Waals surface area contributed by atoms with Gasteiger partial charge in [-0.2, -0.15) is 5.10 Å². The number of para-hydroxylation sites is 1. The summed E-state index contributed by atoms with van der Waals surface area (Å²) in [5.41, 5.74) is 3.09. The van der Waals surface area contributed by atoms with E-state index in [1.807, 2.05) is 72.6 Å². The standard InChI is InChI=1S/C24H27N3O3/c1-3-30-21-13-15-26(16-14-21)24(28)22-17-27(19-7-5-4-6-8-19)25-23(22)18-9-11-20(29-2)12-10-18/h4-12,17,21H,3,13-16H2,1-2H3. The Balaban J connectivity index is 1.66. The Morgan fingerprint density at radius 2 is 1.77 bits per heavy atom. The number of hydrogen-bond donors (Lipinski definition) is 0. The number of nitrogens with zero attached hydrogens (tertiary/aromatic N) is 3. The highest BCUT2D eigenvalue weighted by Crippen LogP contribution is 2.28. The number of likely N-dealkylation sites (tertiary alicyclic amines) is 1. The molecule has 1 amide bonds. The van der Waals surface area contributed by atoms with Gasteiger partial charge in [0.15, 0.2) is 0 Å². The Hall–Kier alpha value is -3.12. The summed E-state index contributed by atoms with van der Waals surface area (Å²) < 4.78 is 12.8. The lowest BCUT2D eigenvalue weighted by Crippen LogP contribution is -2.41. The van der Waals surface area contributed by atoms with Crippen LogP contribution in [0.1, 0.15) is 30.1 Å². The zero-order valence-corrected chi connectivity index (χ0v) is 17.5. The average Bonchev–Trinajstić information content (AvgIpc) is 3.25. The second kappa shape index (κ2) is 9.13. The van der Waals surface area contributed by atoms with Crippen molar-refractivity contribution in [2.75, 3.05) is 26.8 Å². The van der Waals surface area contributed by atoms with E-state index in [2.05, 4.69) is 0 Å². The van der Waals surface area contributed by atoms with Crippen molar-refractivity contribution in [3.63, 3.8) is 0 Å². The van der Waals surface area contributed by atoms with Gasteiger partial charge < -0.3 is 14.4 Å². The first-order valence-corrected chi connectivity index (χ1v) is 10.4. The molecule has 0 unspecified atom stereocenters. The molecule has 1 fully saturated rings. The van der Waals surface area contributed by atoms with E-state index in [-0.39, 0.29) is 12.0 Å². The van der Waals surface area contributed by atoms with Crippen molar-refractivity contribution in [3.05, 3.63) is 66.4 Å². The molecule has 0 spiro atoms. The molecule has 6 heteroatoms. The van der Waals surface area contributed by atoms with Gasteiger partial charge in [-0.05, 0) is 56.2 Å². The van der Waals surface area contributed by atoms with Crippen LogP contribution in [0.15, 0.2) is 60.8 Å². The molecule has 0 radical (unpaired) electrons. The maximum atomic E-state index is 13.4. The second-order valence-electron chi connectivity index (χ2n) is 7.35. The van der Waals surface area contributed by atoms with Gasteiger partial charge in [0.25, 0.3) is 5.91 Å². The summed E-state index contributed by atoms with van der Waals surface area (Å²) in [6, 6.07) is 17.5. The van der Waals surface area contributed by atoms with Crippen molar-refractivity contribution >= 4 is 5.91 Å². The lowest BCUT2D eigenvalue weighted by atomic mass is 10.0. The van der Waals surface area contributed by atoms with Crippen molar-refractivity contribution in [3.8, 4) is 22.7 Å². The van der Waals surface area contributed by atoms with Gasteiger partial charge in [0.2, 0.25) is 0 Å². The highest BCUT2D eigenvalue weighted by atomic mass is 16.5. The van der Waals surface area contributed by atoms with Gasteiger partial charge in [-0.25, -0.2) is 4.68 Å². The highest BCUT2D eigenvalue weighted by molar-refractivity contribution is 6.00. The molecular weight excluding hydrogens is 378 g/mol. The minimum absolute atomic E-state index is 0.0120. The number of methoxy groups -OCH3 is 1. The molecule has 1 aliphatic heterocycles. The van der Waals surface area contributed by atoms with Crippen molar-refractivity contribution in [1.82, 2.24) is 14.7 Å². The molecule has 4 rings (SSSR count). The predicted octanol–water partition coefficient (Wildman–Crippen LogP) is 4.19. The Bertz CT molecular complexity index is 975. The Kier molecular flexibility index (Phi) is 6.14. The van der Waals surface area contributed by atoms with Crippen LogP contribution >= 0.6 is 0 Å². The van der Waals surface area contributed by atoms with E-state index in [1.54, 1.807) is 11.8 Å². The van der Waals surface area contributed by atoms with E-state index in [4.69, 9.17) is 14.6 Å². The van der Waals surface area contributed by atoms with Crippen LogP contribution in [0.2, 0.25) is 0 Å². The number of benzene rings is 2. The molecule has 1 saturated heterocycles. The first kappa shape index (κ1) is 20.2. The SMILES string of the molecule is CCOC1CCN(C(=O)c2cn(-c3ccccc3)nc2-c2ccc(OC)cc2)CC1. The average molecular weight is 405 g/mol. The van der Waals surface area contributed by atoms with Crippen LogP contribution in [0.4, 0.5) is 0 Å². The molecule has 0 aliphatic carbocycles. The van der Waals surface area contributed by atoms with E-state index in [0.29, 0.717) is 31.0 Å². The molecule has 30 heavy (non-hydrogen) atoms. The molecular formula is C24H27N3O3. The quantitative estimate of drug-likeness (QED) is 0.617. The van der Waals surface area contributed by atoms with Gasteiger partial charge in [0.05, 0.1) is 24.5 Å². The lowest BCUT2D eigenvalue weighted by molar-refractivity contribution is 0.0146. The maximum Gasteiger partial charge on any atom is 0.257 e. The third-order valence-electron chi connectivity index (χ3n) is 5.46. The summed E-state index contributed by atoms with van der Waals surface area (Å²) in [4.78, 5) is 15.3. The molecule has 2 heterocycles. The fourth-order valence-electron chi connectivity index (χ4n) is 3.84. The third-order valence-corrected chi connectivity index (χ3v) is 5.46. The molecule has 1 aliphatic rings. The molecule has 0 N–H and O–H groups in total. The van der Waals surface area contributed by atoms with Crippen molar-refractivity contribution in [2.45, 2.75) is 25.9 Å². The van der Waals surface area contributed by atoms with Crippen LogP contribution in [0.3, 0.4) is 0 Å². The van der Waals surface area contributed by atoms with Crippen LogP contribution in [-0.4, -0.2) is 53.5 Å². The minimum Gasteiger partial charge on any atom is -0.497 e. The number of carbonyl (C=O) groups is 1. The van der Waals surface area contributed by atoms with Gasteiger partial charge in [-0.15, -0.1) is 0 Å². The summed E-state index contributed by atoms with van der Waals surface area (Å²) >= 11 is 0. The Morgan fingerprint density at radius 3 is 2.40 bits per heavy atom. The topological polar surface area (TPSA) is 56.6 Å². The summed E-state index contributed by atoms with van der Waals surface area (Å²) in [6.07, 6.45) is 3.81. The number of rotatable bonds is 6. The van der Waals surface area contributed by atoms with E-state index >= 15 is 0 Å². The number of amides is 1. The van der Waals surface area contributed by atoms with Gasteiger partial charge in [-0.1, -0.05) is 18.2 Å². The van der Waals surface area contributed by atoms with Crippen molar-refractivity contribution < 1.29 is 14.3 Å². The molecule has 156 valence electrons. The number of piperidine rings is 1. The molecule has 6 nitrogen and oxygen atoms in total. The molecule has 0 bridgehead atoms. The van der Waals surface area contributed by atoms with Gasteiger partial charge >= 0.3 is 0 Å². The Morgan fingerprint density at radius 1 is 1.07 bits per heavy atom. The van der Waals surface area contributed by atoms with E-state index in [9.17, 15) is 4.79 Å². The maximum absolute atomic E-state index is 13.4. The zero-order valence-electron chi connectivity index (χ0n) is 17.5. The summed E-state index contributed by atoms with van der Waals surface area (Å²) in [6.45, 7) is 4.12. The highest BCUT2D eigenvalue weighted by Gasteiger charge is 2.27. The van der Waals surface area contributed by atoms with Gasteiger partial charge in [-0.3, -0.25) is 4.79 Å². The largest absolute Gasteiger partial charge is 0.497 e. The molecule has 0 saturated carbocycles.